The number of aromatic nitrogens is 3. The maximum atomic E-state index is 12.9. The largest absolute Gasteiger partial charge is 0.338 e. The van der Waals surface area contributed by atoms with E-state index in [9.17, 15) is 18.5 Å². The summed E-state index contributed by atoms with van der Waals surface area (Å²) >= 11 is 0. The molecule has 10 heteroatoms. The molecule has 34 heavy (non-hydrogen) atoms. The van der Waals surface area contributed by atoms with Gasteiger partial charge in [0.15, 0.2) is 5.82 Å². The third-order valence-corrected chi connectivity index (χ3v) is 8.70. The molecule has 2 N–H and O–H groups in total. The number of H-pyrrole nitrogens is 1. The van der Waals surface area contributed by atoms with Crippen LogP contribution in [-0.2, 0) is 10.0 Å². The van der Waals surface area contributed by atoms with Crippen LogP contribution in [0.5, 0.6) is 0 Å². The Labute approximate surface area is 199 Å². The van der Waals surface area contributed by atoms with Crippen molar-refractivity contribution < 1.29 is 8.42 Å². The lowest BCUT2D eigenvalue weighted by atomic mass is 9.85. The smallest absolute Gasteiger partial charge is 0.261 e. The van der Waals surface area contributed by atoms with Gasteiger partial charge in [0.25, 0.3) is 5.56 Å². The second-order valence-electron chi connectivity index (χ2n) is 9.74. The number of fused-ring (bicyclic) bond motifs is 1. The van der Waals surface area contributed by atoms with Crippen molar-refractivity contribution in [2.45, 2.75) is 62.9 Å². The molecule has 1 fully saturated rings. The highest BCUT2D eigenvalue weighted by Crippen LogP contribution is 2.36. The Balaban J connectivity index is 1.69. The molecule has 0 spiro atoms. The number of hydrogen-bond acceptors (Lipinski definition) is 6. The quantitative estimate of drug-likeness (QED) is 0.563. The molecular weight excluding hydrogens is 452 g/mol. The van der Waals surface area contributed by atoms with Gasteiger partial charge in [0, 0.05) is 24.5 Å². The fraction of sp³-hybridized carbons (Fsp3) is 0.458. The number of nitrogens with zero attached hydrogens (tertiary/aromatic N) is 4. The molecular formula is C24H30N6O3S. The molecule has 1 aliphatic rings. The number of nitriles is 1. The number of anilines is 2. The van der Waals surface area contributed by atoms with Crippen LogP contribution in [0.1, 0.15) is 52.5 Å². The van der Waals surface area contributed by atoms with Gasteiger partial charge in [-0.05, 0) is 63.9 Å². The average Bonchev–Trinajstić information content (AvgIpc) is 3.17. The van der Waals surface area contributed by atoms with Crippen molar-refractivity contribution in [1.82, 2.24) is 19.1 Å². The number of benzene rings is 1. The molecule has 1 saturated carbocycles. The van der Waals surface area contributed by atoms with E-state index in [1.807, 2.05) is 20.8 Å². The van der Waals surface area contributed by atoms with E-state index in [2.05, 4.69) is 16.4 Å². The zero-order valence-electron chi connectivity index (χ0n) is 19.9. The van der Waals surface area contributed by atoms with E-state index in [0.29, 0.717) is 22.4 Å². The van der Waals surface area contributed by atoms with E-state index in [1.165, 1.54) is 16.4 Å². The van der Waals surface area contributed by atoms with Gasteiger partial charge in [0.05, 0.1) is 28.4 Å². The minimum atomic E-state index is -3.65. The highest BCUT2D eigenvalue weighted by Gasteiger charge is 2.31. The molecule has 4 rings (SSSR count). The van der Waals surface area contributed by atoms with Crippen molar-refractivity contribution in [1.29, 1.82) is 5.26 Å². The zero-order valence-corrected chi connectivity index (χ0v) is 20.7. The van der Waals surface area contributed by atoms with E-state index in [1.54, 1.807) is 36.1 Å². The van der Waals surface area contributed by atoms with Crippen LogP contribution in [0, 0.1) is 17.2 Å². The molecule has 2 heterocycles. The summed E-state index contributed by atoms with van der Waals surface area (Å²) in [5.74, 6) is 0.217. The molecule has 0 unspecified atom stereocenters. The van der Waals surface area contributed by atoms with Crippen LogP contribution in [0.2, 0.25) is 0 Å². The molecule has 0 aliphatic heterocycles. The van der Waals surface area contributed by atoms with Crippen molar-refractivity contribution in [2.75, 3.05) is 12.4 Å². The second-order valence-corrected chi connectivity index (χ2v) is 11.7. The summed E-state index contributed by atoms with van der Waals surface area (Å²) < 4.78 is 29.0. The number of aromatic amines is 1. The minimum Gasteiger partial charge on any atom is -0.338 e. The van der Waals surface area contributed by atoms with Gasteiger partial charge in [0.1, 0.15) is 5.39 Å². The molecule has 180 valence electrons. The van der Waals surface area contributed by atoms with Crippen LogP contribution in [0.4, 0.5) is 11.5 Å². The third kappa shape index (κ3) is 4.33. The summed E-state index contributed by atoms with van der Waals surface area (Å²) in [5.41, 5.74) is 0.446. The standard InChI is InChI=1S/C24H30N6O3S/c1-24(2,3)29(4)34(32,33)18-11-9-17(10-12-18)27-22-21-20(13-14-26-23(21)31)30(28-22)19-8-6-5-7-16(19)15-25/h9-14,16,19H,5-8H2,1-4H3,(H,26,31)(H,27,28)/t16-,19+/m1/s1. The lowest BCUT2D eigenvalue weighted by molar-refractivity contribution is 0.277. The number of nitrogens with one attached hydrogen (secondary N) is 2. The van der Waals surface area contributed by atoms with E-state index in [4.69, 9.17) is 5.10 Å². The molecule has 0 saturated heterocycles. The number of pyridine rings is 1. The van der Waals surface area contributed by atoms with Crippen LogP contribution in [0.25, 0.3) is 10.9 Å². The molecule has 0 amide bonds. The van der Waals surface area contributed by atoms with Crippen molar-refractivity contribution >= 4 is 32.4 Å². The van der Waals surface area contributed by atoms with Gasteiger partial charge in [-0.3, -0.25) is 9.48 Å². The van der Waals surface area contributed by atoms with Crippen molar-refractivity contribution in [3.63, 3.8) is 0 Å². The van der Waals surface area contributed by atoms with Crippen LogP contribution in [-0.4, -0.2) is 40.1 Å². The first-order chi connectivity index (χ1) is 16.0. The number of hydrogen-bond donors (Lipinski definition) is 2. The van der Waals surface area contributed by atoms with Crippen LogP contribution < -0.4 is 10.9 Å². The van der Waals surface area contributed by atoms with E-state index in [0.717, 1.165) is 25.7 Å². The summed E-state index contributed by atoms with van der Waals surface area (Å²) in [7, 11) is -2.09. The van der Waals surface area contributed by atoms with Gasteiger partial charge in [-0.2, -0.15) is 14.7 Å². The van der Waals surface area contributed by atoms with Gasteiger partial charge in [-0.25, -0.2) is 8.42 Å². The summed E-state index contributed by atoms with van der Waals surface area (Å²) in [6.45, 7) is 5.51. The fourth-order valence-corrected chi connectivity index (χ4v) is 5.88. The first-order valence-electron chi connectivity index (χ1n) is 11.4. The predicted octanol–water partition coefficient (Wildman–Crippen LogP) is 4.14. The van der Waals surface area contributed by atoms with Crippen LogP contribution >= 0.6 is 0 Å². The van der Waals surface area contributed by atoms with E-state index in [-0.39, 0.29) is 22.4 Å². The summed E-state index contributed by atoms with van der Waals surface area (Å²) in [5, 5.41) is 17.9. The van der Waals surface area contributed by atoms with E-state index >= 15 is 0 Å². The molecule has 2 atom stereocenters. The normalized spacial score (nSPS) is 19.3. The van der Waals surface area contributed by atoms with Gasteiger partial charge in [-0.1, -0.05) is 12.8 Å². The highest BCUT2D eigenvalue weighted by atomic mass is 32.2. The Morgan fingerprint density at radius 3 is 2.50 bits per heavy atom. The first-order valence-corrected chi connectivity index (χ1v) is 12.8. The molecule has 0 bridgehead atoms. The molecule has 9 nitrogen and oxygen atoms in total. The van der Waals surface area contributed by atoms with Gasteiger partial charge in [-0.15, -0.1) is 0 Å². The first kappa shape index (κ1) is 24.0. The monoisotopic (exact) mass is 482 g/mol. The maximum absolute atomic E-state index is 12.9. The Bertz CT molecular complexity index is 1390. The Morgan fingerprint density at radius 1 is 1.18 bits per heavy atom. The Hall–Kier alpha value is -3.16. The lowest BCUT2D eigenvalue weighted by Gasteiger charge is -2.30. The summed E-state index contributed by atoms with van der Waals surface area (Å²) in [4.78, 5) is 15.6. The minimum absolute atomic E-state index is 0.0981. The third-order valence-electron chi connectivity index (χ3n) is 6.56. The van der Waals surface area contributed by atoms with E-state index < -0.39 is 15.6 Å². The van der Waals surface area contributed by atoms with Crippen LogP contribution in [0.15, 0.2) is 46.2 Å². The molecule has 3 aromatic rings. The maximum Gasteiger partial charge on any atom is 0.261 e. The fourth-order valence-electron chi connectivity index (χ4n) is 4.36. The summed E-state index contributed by atoms with van der Waals surface area (Å²) in [6, 6.07) is 10.5. The Kier molecular flexibility index (Phi) is 6.27. The van der Waals surface area contributed by atoms with Gasteiger partial charge >= 0.3 is 0 Å². The predicted molar refractivity (Wildman–Crippen MR) is 131 cm³/mol. The molecule has 2 aromatic heterocycles. The average molecular weight is 483 g/mol. The topological polar surface area (TPSA) is 124 Å². The Morgan fingerprint density at radius 2 is 1.85 bits per heavy atom. The second kappa shape index (κ2) is 8.89. The van der Waals surface area contributed by atoms with Gasteiger partial charge in [0.2, 0.25) is 10.0 Å². The van der Waals surface area contributed by atoms with Crippen LogP contribution in [0.3, 0.4) is 0 Å². The lowest BCUT2D eigenvalue weighted by Crippen LogP contribution is -2.42. The number of rotatable bonds is 5. The molecule has 1 aromatic carbocycles. The number of sulfonamides is 1. The molecule has 0 radical (unpaired) electrons. The van der Waals surface area contributed by atoms with Crippen molar-refractivity contribution in [3.05, 3.63) is 46.9 Å². The van der Waals surface area contributed by atoms with Gasteiger partial charge < -0.3 is 10.3 Å². The van der Waals surface area contributed by atoms with Crippen molar-refractivity contribution in [2.24, 2.45) is 5.92 Å². The highest BCUT2D eigenvalue weighted by molar-refractivity contribution is 7.89. The zero-order chi connectivity index (χ0) is 24.7. The summed E-state index contributed by atoms with van der Waals surface area (Å²) in [6.07, 6.45) is 5.25. The van der Waals surface area contributed by atoms with Crippen molar-refractivity contribution in [3.8, 4) is 6.07 Å². The molecule has 1 aliphatic carbocycles. The SMILES string of the molecule is CN(C(C)(C)C)S(=O)(=O)c1ccc(Nc2nn([C@H]3CCCC[C@@H]3C#N)c3cc[nH]c(=O)c23)cc1.